The summed E-state index contributed by atoms with van der Waals surface area (Å²) < 4.78 is 17.5. The number of benzene rings is 2. The van der Waals surface area contributed by atoms with Crippen LogP contribution in [0, 0.1) is 18.3 Å². The Morgan fingerprint density at radius 2 is 1.84 bits per heavy atom. The summed E-state index contributed by atoms with van der Waals surface area (Å²) in [7, 11) is 0. The van der Waals surface area contributed by atoms with Gasteiger partial charge in [0.15, 0.2) is 0 Å². The van der Waals surface area contributed by atoms with Crippen molar-refractivity contribution in [2.45, 2.75) is 52.2 Å². The number of piperazine rings is 1. The number of H-pyrrole nitrogens is 1. The van der Waals surface area contributed by atoms with E-state index in [4.69, 9.17) is 14.2 Å². The van der Waals surface area contributed by atoms with Gasteiger partial charge in [0.1, 0.15) is 23.5 Å². The highest BCUT2D eigenvalue weighted by Gasteiger charge is 2.27. The monoisotopic (exact) mass is 517 g/mol. The lowest BCUT2D eigenvalue weighted by Gasteiger charge is -2.37. The van der Waals surface area contributed by atoms with Gasteiger partial charge in [-0.2, -0.15) is 10.4 Å². The number of nitrogens with zero attached hydrogens (tertiary/aromatic N) is 4. The number of hydrogen-bond acceptors (Lipinski definition) is 7. The van der Waals surface area contributed by atoms with Crippen LogP contribution in [0.2, 0.25) is 0 Å². The van der Waals surface area contributed by atoms with Crippen LogP contribution in [0.15, 0.2) is 30.3 Å². The van der Waals surface area contributed by atoms with E-state index in [0.717, 1.165) is 52.0 Å². The second-order valence-electron chi connectivity index (χ2n) is 10.9. The maximum absolute atomic E-state index is 12.5. The number of aromatic nitrogens is 2. The number of nitriles is 1. The summed E-state index contributed by atoms with van der Waals surface area (Å²) >= 11 is 0. The third-order valence-electron chi connectivity index (χ3n) is 6.99. The molecular weight excluding hydrogens is 482 g/mol. The first-order chi connectivity index (χ1) is 18.2. The van der Waals surface area contributed by atoms with Crippen LogP contribution >= 0.6 is 0 Å². The Bertz CT molecular complexity index is 1360. The molecule has 38 heavy (non-hydrogen) atoms. The van der Waals surface area contributed by atoms with E-state index in [1.807, 2.05) is 39.8 Å². The predicted octanol–water partition coefficient (Wildman–Crippen LogP) is 5.02. The molecule has 0 saturated carbocycles. The Morgan fingerprint density at radius 1 is 1.11 bits per heavy atom. The number of aromatic amines is 1. The number of amides is 1. The van der Waals surface area contributed by atoms with Gasteiger partial charge >= 0.3 is 6.09 Å². The average Bonchev–Trinajstić information content (AvgIpc) is 3.29. The molecule has 9 heteroatoms. The van der Waals surface area contributed by atoms with Gasteiger partial charge in [-0.05, 0) is 63.1 Å². The number of ether oxygens (including phenoxy) is 3. The summed E-state index contributed by atoms with van der Waals surface area (Å²) in [5, 5.41) is 18.4. The predicted molar refractivity (Wildman–Crippen MR) is 145 cm³/mol. The van der Waals surface area contributed by atoms with E-state index in [-0.39, 0.29) is 12.2 Å². The van der Waals surface area contributed by atoms with E-state index in [2.05, 4.69) is 39.4 Å². The first-order valence-electron chi connectivity index (χ1n) is 13.2. The minimum absolute atomic E-state index is 0.106. The standard InChI is InChI=1S/C29H35N5O4/c1-19-27-24(32-31-19)15-22(17-26(27)37-23-7-13-36-14-8-23)20-5-6-21(18-30)25(16-20)33-9-11-34(12-10-33)28(35)38-29(2,3)4/h5-6,15-17,23H,7-14H2,1-4H3,(H,31,32). The van der Waals surface area contributed by atoms with Crippen LogP contribution in [0.4, 0.5) is 10.5 Å². The first kappa shape index (κ1) is 25.9. The van der Waals surface area contributed by atoms with Crippen LogP contribution in [0.25, 0.3) is 22.0 Å². The van der Waals surface area contributed by atoms with Gasteiger partial charge in [0, 0.05) is 39.0 Å². The van der Waals surface area contributed by atoms with E-state index in [0.29, 0.717) is 45.0 Å². The van der Waals surface area contributed by atoms with E-state index in [9.17, 15) is 10.1 Å². The van der Waals surface area contributed by atoms with Crippen molar-refractivity contribution in [3.8, 4) is 22.9 Å². The zero-order valence-corrected chi connectivity index (χ0v) is 22.5. The number of anilines is 1. The normalized spacial score (nSPS) is 16.9. The van der Waals surface area contributed by atoms with E-state index in [1.165, 1.54) is 0 Å². The van der Waals surface area contributed by atoms with Crippen molar-refractivity contribution in [2.24, 2.45) is 0 Å². The molecule has 0 atom stereocenters. The van der Waals surface area contributed by atoms with Crippen molar-refractivity contribution in [1.82, 2.24) is 15.1 Å². The molecule has 3 heterocycles. The summed E-state index contributed by atoms with van der Waals surface area (Å²) in [4.78, 5) is 16.4. The van der Waals surface area contributed by atoms with E-state index in [1.54, 1.807) is 4.90 Å². The number of hydrogen-bond donors (Lipinski definition) is 1. The SMILES string of the molecule is Cc1n[nH]c2cc(-c3ccc(C#N)c(N4CCN(C(=O)OC(C)(C)C)CC4)c3)cc(OC3CCOCC3)c12. The van der Waals surface area contributed by atoms with Crippen molar-refractivity contribution in [3.63, 3.8) is 0 Å². The molecule has 3 aromatic rings. The number of rotatable bonds is 4. The van der Waals surface area contributed by atoms with Gasteiger partial charge < -0.3 is 24.0 Å². The molecule has 0 radical (unpaired) electrons. The fourth-order valence-corrected chi connectivity index (χ4v) is 5.03. The number of fused-ring (bicyclic) bond motifs is 1. The van der Waals surface area contributed by atoms with Crippen LogP contribution < -0.4 is 9.64 Å². The molecule has 2 fully saturated rings. The van der Waals surface area contributed by atoms with Crippen LogP contribution in [0.1, 0.15) is 44.9 Å². The Kier molecular flexibility index (Phi) is 7.17. The van der Waals surface area contributed by atoms with Gasteiger partial charge in [-0.15, -0.1) is 0 Å². The number of carbonyl (C=O) groups is 1. The first-order valence-corrected chi connectivity index (χ1v) is 13.2. The highest BCUT2D eigenvalue weighted by molar-refractivity contribution is 5.92. The fraction of sp³-hybridized carbons (Fsp3) is 0.483. The molecule has 2 saturated heterocycles. The second kappa shape index (κ2) is 10.5. The molecule has 2 aliphatic heterocycles. The quantitative estimate of drug-likeness (QED) is 0.518. The second-order valence-corrected chi connectivity index (χ2v) is 10.9. The zero-order chi connectivity index (χ0) is 26.9. The molecule has 0 spiro atoms. The van der Waals surface area contributed by atoms with Gasteiger partial charge in [0.05, 0.1) is 41.1 Å². The van der Waals surface area contributed by atoms with Gasteiger partial charge in [0.25, 0.3) is 0 Å². The maximum Gasteiger partial charge on any atom is 0.410 e. The number of aryl methyl sites for hydroxylation is 1. The van der Waals surface area contributed by atoms with Gasteiger partial charge in [-0.25, -0.2) is 4.79 Å². The Labute approximate surface area is 223 Å². The van der Waals surface area contributed by atoms with Crippen molar-refractivity contribution in [1.29, 1.82) is 5.26 Å². The molecule has 1 N–H and O–H groups in total. The summed E-state index contributed by atoms with van der Waals surface area (Å²) in [6, 6.07) is 12.4. The molecule has 1 aromatic heterocycles. The van der Waals surface area contributed by atoms with E-state index >= 15 is 0 Å². The Hall–Kier alpha value is -3.77. The maximum atomic E-state index is 12.5. The van der Waals surface area contributed by atoms with Crippen molar-refractivity contribution < 1.29 is 19.0 Å². The molecule has 2 aliphatic rings. The lowest BCUT2D eigenvalue weighted by molar-refractivity contribution is 0.0239. The van der Waals surface area contributed by atoms with Gasteiger partial charge in [0.2, 0.25) is 0 Å². The zero-order valence-electron chi connectivity index (χ0n) is 22.5. The fourth-order valence-electron chi connectivity index (χ4n) is 5.03. The Balaban J connectivity index is 1.42. The molecule has 0 bridgehead atoms. The smallest absolute Gasteiger partial charge is 0.410 e. The molecule has 0 aliphatic carbocycles. The highest BCUT2D eigenvalue weighted by Crippen LogP contribution is 2.37. The van der Waals surface area contributed by atoms with Gasteiger partial charge in [-0.3, -0.25) is 5.10 Å². The number of carbonyl (C=O) groups excluding carboxylic acids is 1. The van der Waals surface area contributed by atoms with E-state index < -0.39 is 5.60 Å². The third-order valence-corrected chi connectivity index (χ3v) is 6.99. The van der Waals surface area contributed by atoms with Crippen LogP contribution in [0.3, 0.4) is 0 Å². The summed E-state index contributed by atoms with van der Waals surface area (Å²) in [5.41, 5.74) is 4.73. The molecule has 0 unspecified atom stereocenters. The number of nitrogens with one attached hydrogen (secondary N) is 1. The topological polar surface area (TPSA) is 104 Å². The van der Waals surface area contributed by atoms with Gasteiger partial charge in [-0.1, -0.05) is 6.07 Å². The molecule has 200 valence electrons. The lowest BCUT2D eigenvalue weighted by Crippen LogP contribution is -2.50. The van der Waals surface area contributed by atoms with Crippen LogP contribution in [0.5, 0.6) is 5.75 Å². The molecular formula is C29H35N5O4. The summed E-state index contributed by atoms with van der Waals surface area (Å²) in [6.07, 6.45) is 1.53. The lowest BCUT2D eigenvalue weighted by atomic mass is 9.99. The van der Waals surface area contributed by atoms with Crippen molar-refractivity contribution in [2.75, 3.05) is 44.3 Å². The highest BCUT2D eigenvalue weighted by atomic mass is 16.6. The largest absolute Gasteiger partial charge is 0.489 e. The third kappa shape index (κ3) is 5.55. The molecule has 1 amide bonds. The molecule has 9 nitrogen and oxygen atoms in total. The summed E-state index contributed by atoms with van der Waals surface area (Å²) in [5.74, 6) is 0.813. The minimum atomic E-state index is -0.530. The average molecular weight is 518 g/mol. The van der Waals surface area contributed by atoms with Crippen molar-refractivity contribution in [3.05, 3.63) is 41.6 Å². The minimum Gasteiger partial charge on any atom is -0.489 e. The van der Waals surface area contributed by atoms with Crippen LogP contribution in [-0.4, -0.2) is 72.3 Å². The Morgan fingerprint density at radius 3 is 2.53 bits per heavy atom. The molecule has 5 rings (SSSR count). The summed E-state index contributed by atoms with van der Waals surface area (Å²) in [6.45, 7) is 11.3. The molecule has 2 aromatic carbocycles. The van der Waals surface area contributed by atoms with Crippen LogP contribution in [-0.2, 0) is 9.47 Å². The van der Waals surface area contributed by atoms with Crippen molar-refractivity contribution >= 4 is 22.7 Å².